The van der Waals surface area contributed by atoms with Gasteiger partial charge in [-0.1, -0.05) is 29.7 Å². The molecular weight excluding hydrogens is 465 g/mol. The Hall–Kier alpha value is -3.93. The van der Waals surface area contributed by atoms with Crippen LogP contribution in [0.15, 0.2) is 35.2 Å². The van der Waals surface area contributed by atoms with E-state index < -0.39 is 11.7 Å². The average Bonchev–Trinajstić information content (AvgIpc) is 3.20. The minimum Gasteiger partial charge on any atom is -0.345 e. The van der Waals surface area contributed by atoms with E-state index >= 15 is 4.39 Å². The van der Waals surface area contributed by atoms with Gasteiger partial charge < -0.3 is 15.2 Å². The van der Waals surface area contributed by atoms with E-state index in [1.54, 1.807) is 30.1 Å². The van der Waals surface area contributed by atoms with Crippen molar-refractivity contribution >= 4 is 29.3 Å². The molecule has 2 N–H and O–H groups in total. The largest absolute Gasteiger partial charge is 0.345 e. The maximum atomic E-state index is 15.1. The molecule has 0 radical (unpaired) electrons. The van der Waals surface area contributed by atoms with E-state index in [1.165, 1.54) is 12.4 Å². The molecule has 1 aliphatic carbocycles. The van der Waals surface area contributed by atoms with Crippen molar-refractivity contribution in [3.63, 3.8) is 0 Å². The van der Waals surface area contributed by atoms with Gasteiger partial charge in [0.2, 0.25) is 11.8 Å². The minimum atomic E-state index is -0.716. The third-order valence-electron chi connectivity index (χ3n) is 5.51. The first kappa shape index (κ1) is 21.9. The molecule has 13 heteroatoms. The van der Waals surface area contributed by atoms with Crippen molar-refractivity contribution in [2.45, 2.75) is 31.7 Å². The van der Waals surface area contributed by atoms with Gasteiger partial charge in [0, 0.05) is 31.3 Å². The summed E-state index contributed by atoms with van der Waals surface area (Å²) in [4.78, 5) is 28.9. The van der Waals surface area contributed by atoms with Crippen LogP contribution >= 0.6 is 11.6 Å². The lowest BCUT2D eigenvalue weighted by Gasteiger charge is -2.10. The Morgan fingerprint density at radius 1 is 1.26 bits per heavy atom. The average molecular weight is 484 g/mol. The number of halogens is 2. The molecule has 4 aromatic rings. The Labute approximate surface area is 197 Å². The Kier molecular flexibility index (Phi) is 5.44. The molecule has 0 spiro atoms. The van der Waals surface area contributed by atoms with Gasteiger partial charge in [0.05, 0.1) is 10.6 Å². The first-order valence-electron chi connectivity index (χ1n) is 10.4. The van der Waals surface area contributed by atoms with Crippen LogP contribution < -0.4 is 10.6 Å². The molecule has 34 heavy (non-hydrogen) atoms. The summed E-state index contributed by atoms with van der Waals surface area (Å²) in [6.07, 6.45) is 4.90. The first-order valence-corrected chi connectivity index (χ1v) is 10.8. The predicted octanol–water partition coefficient (Wildman–Crippen LogP) is 3.17. The Balaban J connectivity index is 1.29. The minimum absolute atomic E-state index is 0.0281. The fraction of sp³-hybridized carbons (Fsp3) is 0.286. The van der Waals surface area contributed by atoms with Gasteiger partial charge in [-0.05, 0) is 24.5 Å². The van der Waals surface area contributed by atoms with E-state index in [0.29, 0.717) is 17.3 Å². The number of hydrogen-bond donors (Lipinski definition) is 2. The number of nitrogens with one attached hydrogen (secondary N) is 2. The zero-order valence-electron chi connectivity index (χ0n) is 18.2. The summed E-state index contributed by atoms with van der Waals surface area (Å²) in [5.74, 6) is -0.0557. The van der Waals surface area contributed by atoms with Crippen LogP contribution in [-0.4, -0.2) is 40.8 Å². The summed E-state index contributed by atoms with van der Waals surface area (Å²) in [5.41, 5.74) is 0.317. The molecule has 0 unspecified atom stereocenters. The molecule has 11 nitrogen and oxygen atoms in total. The van der Waals surface area contributed by atoms with Crippen molar-refractivity contribution in [3.8, 4) is 11.4 Å². The van der Waals surface area contributed by atoms with Crippen LogP contribution in [0.2, 0.25) is 5.02 Å². The number of hydrogen-bond acceptors (Lipinski definition) is 9. The van der Waals surface area contributed by atoms with Crippen LogP contribution in [-0.2, 0) is 19.0 Å². The second-order valence-corrected chi connectivity index (χ2v) is 8.58. The van der Waals surface area contributed by atoms with Gasteiger partial charge in [-0.15, -0.1) is 0 Å². The number of aromatic nitrogens is 7. The molecule has 0 atom stereocenters. The zero-order valence-corrected chi connectivity index (χ0v) is 19.0. The van der Waals surface area contributed by atoms with Crippen molar-refractivity contribution in [3.05, 3.63) is 58.8 Å². The van der Waals surface area contributed by atoms with E-state index in [4.69, 9.17) is 16.1 Å². The number of carbonyl (C=O) groups excluding carboxylic acids is 1. The topological polar surface area (TPSA) is 137 Å². The highest BCUT2D eigenvalue weighted by molar-refractivity contribution is 6.31. The number of rotatable bonds is 7. The quantitative estimate of drug-likeness (QED) is 0.406. The number of aryl methyl sites for hydroxylation is 1. The van der Waals surface area contributed by atoms with Gasteiger partial charge in [-0.25, -0.2) is 14.4 Å². The number of anilines is 2. The van der Waals surface area contributed by atoms with E-state index in [9.17, 15) is 4.79 Å². The van der Waals surface area contributed by atoms with E-state index in [2.05, 4.69) is 40.8 Å². The van der Waals surface area contributed by atoms with Gasteiger partial charge in [0.25, 0.3) is 11.7 Å². The molecule has 1 aromatic carbocycles. The molecule has 1 saturated carbocycles. The highest BCUT2D eigenvalue weighted by Crippen LogP contribution is 2.46. The number of amides is 1. The molecule has 1 aliphatic rings. The van der Waals surface area contributed by atoms with Gasteiger partial charge in [-0.2, -0.15) is 15.1 Å². The van der Waals surface area contributed by atoms with Crippen molar-refractivity contribution in [1.82, 2.24) is 40.2 Å². The molecule has 1 amide bonds. The first-order chi connectivity index (χ1) is 16.3. The highest BCUT2D eigenvalue weighted by atomic mass is 35.5. The standard InChI is InChI=1S/C21H19ClFN9O2/c1-21(6-7-21)19-28-17(31-34-19)18(33)24-9-11-3-4-12(15(23)14(11)22)16-25-10-26-20(29-16)27-13-5-8-32(2)30-13/h3-5,8,10H,6-7,9H2,1-2H3,(H,24,33)(H,25,26,27,29,30). The second-order valence-electron chi connectivity index (χ2n) is 8.20. The van der Waals surface area contributed by atoms with Crippen molar-refractivity contribution in [1.29, 1.82) is 0 Å². The summed E-state index contributed by atoms with van der Waals surface area (Å²) in [5, 5.41) is 13.3. The maximum absolute atomic E-state index is 15.1. The third-order valence-corrected chi connectivity index (χ3v) is 5.92. The molecule has 0 saturated heterocycles. The van der Waals surface area contributed by atoms with Crippen LogP contribution in [0.4, 0.5) is 16.2 Å². The summed E-state index contributed by atoms with van der Waals surface area (Å²) in [6.45, 7) is 1.97. The maximum Gasteiger partial charge on any atom is 0.292 e. The summed E-state index contributed by atoms with van der Waals surface area (Å²) in [7, 11) is 1.78. The van der Waals surface area contributed by atoms with Crippen molar-refractivity contribution in [2.75, 3.05) is 5.32 Å². The molecule has 174 valence electrons. The lowest BCUT2D eigenvalue weighted by Crippen LogP contribution is -2.24. The molecule has 5 rings (SSSR count). The molecule has 3 heterocycles. The van der Waals surface area contributed by atoms with Crippen LogP contribution in [0, 0.1) is 5.82 Å². The zero-order chi connectivity index (χ0) is 23.9. The molecular formula is C21H19ClFN9O2. The number of nitrogens with zero attached hydrogens (tertiary/aromatic N) is 7. The highest BCUT2D eigenvalue weighted by Gasteiger charge is 2.44. The predicted molar refractivity (Wildman–Crippen MR) is 119 cm³/mol. The van der Waals surface area contributed by atoms with E-state index in [-0.39, 0.29) is 40.1 Å². The van der Waals surface area contributed by atoms with Gasteiger partial charge >= 0.3 is 0 Å². The molecule has 0 bridgehead atoms. The fourth-order valence-corrected chi connectivity index (χ4v) is 3.43. The lowest BCUT2D eigenvalue weighted by atomic mass is 10.1. The van der Waals surface area contributed by atoms with Crippen LogP contribution in [0.5, 0.6) is 0 Å². The van der Waals surface area contributed by atoms with Crippen molar-refractivity contribution in [2.24, 2.45) is 7.05 Å². The van der Waals surface area contributed by atoms with Gasteiger partial charge in [0.1, 0.15) is 6.33 Å². The Bertz CT molecular complexity index is 1380. The SMILES string of the molecule is Cn1ccc(Nc2ncnc(-c3ccc(CNC(=O)c4noc(C5(C)CC5)n4)c(Cl)c3F)n2)n1. The third kappa shape index (κ3) is 4.31. The van der Waals surface area contributed by atoms with E-state index in [0.717, 1.165) is 12.8 Å². The fourth-order valence-electron chi connectivity index (χ4n) is 3.20. The number of carbonyl (C=O) groups is 1. The Morgan fingerprint density at radius 3 is 2.82 bits per heavy atom. The number of benzene rings is 1. The summed E-state index contributed by atoms with van der Waals surface area (Å²) < 4.78 is 21.9. The smallest absolute Gasteiger partial charge is 0.292 e. The summed E-state index contributed by atoms with van der Waals surface area (Å²) >= 11 is 6.25. The molecule has 0 aliphatic heterocycles. The monoisotopic (exact) mass is 483 g/mol. The molecule has 1 fully saturated rings. The van der Waals surface area contributed by atoms with Gasteiger partial charge in [-0.3, -0.25) is 9.48 Å². The van der Waals surface area contributed by atoms with Crippen LogP contribution in [0.1, 0.15) is 41.8 Å². The van der Waals surface area contributed by atoms with E-state index in [1.807, 2.05) is 6.92 Å². The van der Waals surface area contributed by atoms with Crippen LogP contribution in [0.3, 0.4) is 0 Å². The lowest BCUT2D eigenvalue weighted by molar-refractivity contribution is 0.0937. The normalized spacial score (nSPS) is 14.1. The van der Waals surface area contributed by atoms with Crippen LogP contribution in [0.25, 0.3) is 11.4 Å². The van der Waals surface area contributed by atoms with Crippen molar-refractivity contribution < 1.29 is 13.7 Å². The second kappa shape index (κ2) is 8.45. The molecule has 3 aromatic heterocycles. The summed E-state index contributed by atoms with van der Waals surface area (Å²) in [6, 6.07) is 4.82. The van der Waals surface area contributed by atoms with Gasteiger partial charge in [0.15, 0.2) is 17.5 Å². The Morgan fingerprint density at radius 2 is 2.09 bits per heavy atom.